The maximum Gasteiger partial charge on any atom is 0.231 e. The van der Waals surface area contributed by atoms with Crippen molar-refractivity contribution in [3.05, 3.63) is 18.2 Å². The van der Waals surface area contributed by atoms with E-state index in [1.165, 1.54) is 14.0 Å². The highest BCUT2D eigenvalue weighted by atomic mass is 16.5. The normalized spacial score (nSPS) is 20.9. The molecule has 1 aliphatic rings. The Morgan fingerprint density at radius 2 is 2.10 bits per heavy atom. The van der Waals surface area contributed by atoms with Crippen molar-refractivity contribution in [3.63, 3.8) is 0 Å². The summed E-state index contributed by atoms with van der Waals surface area (Å²) in [5.41, 5.74) is 6.93. The van der Waals surface area contributed by atoms with Crippen molar-refractivity contribution in [2.45, 2.75) is 13.0 Å². The maximum atomic E-state index is 12.1. The van der Waals surface area contributed by atoms with Gasteiger partial charge in [-0.3, -0.25) is 9.59 Å². The first kappa shape index (κ1) is 15.3. The smallest absolute Gasteiger partial charge is 0.231 e. The molecule has 0 saturated carbocycles. The van der Waals surface area contributed by atoms with Gasteiger partial charge in [0.05, 0.1) is 31.9 Å². The van der Waals surface area contributed by atoms with Crippen LogP contribution in [-0.4, -0.2) is 38.2 Å². The fourth-order valence-corrected chi connectivity index (χ4v) is 2.14. The summed E-state index contributed by atoms with van der Waals surface area (Å²) in [6, 6.07) is 4.71. The van der Waals surface area contributed by atoms with Crippen LogP contribution in [0, 0.1) is 5.92 Å². The van der Waals surface area contributed by atoms with Gasteiger partial charge in [-0.2, -0.15) is 0 Å². The number of benzene rings is 1. The summed E-state index contributed by atoms with van der Waals surface area (Å²) in [5, 5.41) is 5.43. The zero-order chi connectivity index (χ0) is 15.4. The van der Waals surface area contributed by atoms with E-state index in [4.69, 9.17) is 15.2 Å². The van der Waals surface area contributed by atoms with Crippen LogP contribution in [0.3, 0.4) is 0 Å². The summed E-state index contributed by atoms with van der Waals surface area (Å²) >= 11 is 0. The lowest BCUT2D eigenvalue weighted by Crippen LogP contribution is -2.37. The first-order valence-corrected chi connectivity index (χ1v) is 6.61. The number of amides is 2. The predicted octanol–water partition coefficient (Wildman–Crippen LogP) is 0.566. The minimum absolute atomic E-state index is 0.186. The Kier molecular flexibility index (Phi) is 4.77. The van der Waals surface area contributed by atoms with Gasteiger partial charge in [-0.1, -0.05) is 0 Å². The molecule has 1 aliphatic heterocycles. The molecule has 0 spiro atoms. The predicted molar refractivity (Wildman–Crippen MR) is 78.2 cm³/mol. The number of nitrogens with one attached hydrogen (secondary N) is 2. The molecule has 21 heavy (non-hydrogen) atoms. The van der Waals surface area contributed by atoms with Crippen molar-refractivity contribution in [2.24, 2.45) is 11.7 Å². The van der Waals surface area contributed by atoms with Gasteiger partial charge in [0.25, 0.3) is 0 Å². The summed E-state index contributed by atoms with van der Waals surface area (Å²) in [6.07, 6.45) is 0. The maximum absolute atomic E-state index is 12.1. The minimum Gasteiger partial charge on any atom is -0.494 e. The molecule has 7 heteroatoms. The summed E-state index contributed by atoms with van der Waals surface area (Å²) in [7, 11) is 1.49. The molecule has 2 atom stereocenters. The quantitative estimate of drug-likeness (QED) is 0.753. The number of carbonyl (C=O) groups is 2. The van der Waals surface area contributed by atoms with Crippen molar-refractivity contribution >= 4 is 23.2 Å². The lowest BCUT2D eigenvalue weighted by atomic mass is 10.0. The summed E-state index contributed by atoms with van der Waals surface area (Å²) in [6.45, 7) is 2.13. The Morgan fingerprint density at radius 1 is 1.33 bits per heavy atom. The molecule has 1 aromatic carbocycles. The third-order valence-electron chi connectivity index (χ3n) is 3.24. The fraction of sp³-hybridized carbons (Fsp3) is 0.429. The number of hydrogen-bond donors (Lipinski definition) is 3. The molecule has 0 radical (unpaired) electrons. The number of hydrogen-bond acceptors (Lipinski definition) is 5. The molecule has 114 valence electrons. The van der Waals surface area contributed by atoms with Crippen LogP contribution in [-0.2, 0) is 14.3 Å². The van der Waals surface area contributed by atoms with Gasteiger partial charge in [-0.15, -0.1) is 0 Å². The highest BCUT2D eigenvalue weighted by molar-refractivity contribution is 5.95. The molecule has 4 N–H and O–H groups in total. The van der Waals surface area contributed by atoms with Crippen LogP contribution >= 0.6 is 0 Å². The molecular weight excluding hydrogens is 274 g/mol. The first-order chi connectivity index (χ1) is 10.0. The van der Waals surface area contributed by atoms with Gasteiger partial charge >= 0.3 is 0 Å². The molecule has 1 heterocycles. The van der Waals surface area contributed by atoms with Crippen LogP contribution in [0.2, 0.25) is 0 Å². The number of anilines is 2. The minimum atomic E-state index is -0.356. The molecule has 2 rings (SSSR count). The second-order valence-electron chi connectivity index (χ2n) is 4.89. The van der Waals surface area contributed by atoms with Crippen LogP contribution < -0.4 is 21.1 Å². The standard InChI is InChI=1S/C14H19N3O4/c1-8(18)16-12-4-3-9(5-13(12)20-2)17-14(19)10-6-21-7-11(10)15/h3-5,10-11H,6-7,15H2,1-2H3,(H,16,18)(H,17,19). The van der Waals surface area contributed by atoms with Gasteiger partial charge in [0.2, 0.25) is 11.8 Å². The van der Waals surface area contributed by atoms with E-state index < -0.39 is 0 Å². The zero-order valence-corrected chi connectivity index (χ0v) is 12.0. The molecule has 0 bridgehead atoms. The van der Waals surface area contributed by atoms with E-state index in [0.717, 1.165) is 0 Å². The highest BCUT2D eigenvalue weighted by Gasteiger charge is 2.31. The topological polar surface area (TPSA) is 103 Å². The van der Waals surface area contributed by atoms with Crippen molar-refractivity contribution in [3.8, 4) is 5.75 Å². The molecule has 7 nitrogen and oxygen atoms in total. The Bertz CT molecular complexity index is 547. The third-order valence-corrected chi connectivity index (χ3v) is 3.24. The van der Waals surface area contributed by atoms with E-state index in [2.05, 4.69) is 10.6 Å². The Hall–Kier alpha value is -2.12. The van der Waals surface area contributed by atoms with E-state index in [0.29, 0.717) is 30.3 Å². The number of carbonyl (C=O) groups excluding carboxylic acids is 2. The van der Waals surface area contributed by atoms with Crippen LogP contribution in [0.25, 0.3) is 0 Å². The lowest BCUT2D eigenvalue weighted by Gasteiger charge is -2.15. The van der Waals surface area contributed by atoms with E-state index >= 15 is 0 Å². The molecule has 1 saturated heterocycles. The Morgan fingerprint density at radius 3 is 2.67 bits per heavy atom. The van der Waals surface area contributed by atoms with Crippen LogP contribution in [0.1, 0.15) is 6.92 Å². The van der Waals surface area contributed by atoms with Crippen molar-refractivity contribution in [1.82, 2.24) is 0 Å². The summed E-state index contributed by atoms with van der Waals surface area (Å²) in [5.74, 6) is -0.269. The molecule has 0 aliphatic carbocycles. The van der Waals surface area contributed by atoms with Crippen molar-refractivity contribution < 1.29 is 19.1 Å². The summed E-state index contributed by atoms with van der Waals surface area (Å²) < 4.78 is 10.4. The number of rotatable bonds is 4. The SMILES string of the molecule is COc1cc(NC(=O)C2COCC2N)ccc1NC(C)=O. The van der Waals surface area contributed by atoms with Gasteiger partial charge in [0.1, 0.15) is 5.75 Å². The van der Waals surface area contributed by atoms with Gasteiger partial charge in [0.15, 0.2) is 0 Å². The summed E-state index contributed by atoms with van der Waals surface area (Å²) in [4.78, 5) is 23.2. The second kappa shape index (κ2) is 6.55. The van der Waals surface area contributed by atoms with Gasteiger partial charge in [0, 0.05) is 24.7 Å². The van der Waals surface area contributed by atoms with Gasteiger partial charge in [-0.05, 0) is 12.1 Å². The zero-order valence-electron chi connectivity index (χ0n) is 12.0. The number of methoxy groups -OCH3 is 1. The van der Waals surface area contributed by atoms with Crippen molar-refractivity contribution in [1.29, 1.82) is 0 Å². The van der Waals surface area contributed by atoms with E-state index in [9.17, 15) is 9.59 Å². The molecule has 0 aromatic heterocycles. The van der Waals surface area contributed by atoms with Crippen LogP contribution in [0.5, 0.6) is 5.75 Å². The average molecular weight is 293 g/mol. The first-order valence-electron chi connectivity index (χ1n) is 6.61. The van der Waals surface area contributed by atoms with E-state index in [1.54, 1.807) is 18.2 Å². The lowest BCUT2D eigenvalue weighted by molar-refractivity contribution is -0.120. The average Bonchev–Trinajstić information content (AvgIpc) is 2.86. The number of ether oxygens (including phenoxy) is 2. The third kappa shape index (κ3) is 3.71. The molecule has 1 aromatic rings. The van der Waals surface area contributed by atoms with Crippen LogP contribution in [0.4, 0.5) is 11.4 Å². The Balaban J connectivity index is 2.10. The molecule has 1 fully saturated rings. The van der Waals surface area contributed by atoms with E-state index in [-0.39, 0.29) is 23.8 Å². The highest BCUT2D eigenvalue weighted by Crippen LogP contribution is 2.28. The number of nitrogens with two attached hydrogens (primary N) is 1. The Labute approximate surface area is 122 Å². The second-order valence-corrected chi connectivity index (χ2v) is 4.89. The van der Waals surface area contributed by atoms with E-state index in [1.807, 2.05) is 0 Å². The molecule has 2 unspecified atom stereocenters. The largest absolute Gasteiger partial charge is 0.494 e. The van der Waals surface area contributed by atoms with Gasteiger partial charge < -0.3 is 25.8 Å². The van der Waals surface area contributed by atoms with Crippen LogP contribution in [0.15, 0.2) is 18.2 Å². The molecular formula is C14H19N3O4. The van der Waals surface area contributed by atoms with Crippen molar-refractivity contribution in [2.75, 3.05) is 31.0 Å². The fourth-order valence-electron chi connectivity index (χ4n) is 2.14. The monoisotopic (exact) mass is 293 g/mol. The molecule has 2 amide bonds. The van der Waals surface area contributed by atoms with Gasteiger partial charge in [-0.25, -0.2) is 0 Å².